The van der Waals surface area contributed by atoms with Crippen molar-refractivity contribution in [3.05, 3.63) is 47.2 Å². The van der Waals surface area contributed by atoms with Gasteiger partial charge in [-0.25, -0.2) is 4.98 Å². The Labute approximate surface area is 159 Å². The van der Waals surface area contributed by atoms with Gasteiger partial charge in [-0.15, -0.1) is 0 Å². The van der Waals surface area contributed by atoms with Crippen LogP contribution in [-0.2, 0) is 0 Å². The lowest BCUT2D eigenvalue weighted by molar-refractivity contribution is 0.102. The van der Waals surface area contributed by atoms with E-state index in [0.29, 0.717) is 34.5 Å². The third-order valence-electron chi connectivity index (χ3n) is 3.97. The maximum Gasteiger partial charge on any atom is 0.257 e. The van der Waals surface area contributed by atoms with Crippen molar-refractivity contribution < 1.29 is 14.3 Å². The summed E-state index contributed by atoms with van der Waals surface area (Å²) >= 11 is 5.75. The molecule has 0 bridgehead atoms. The molecule has 6 nitrogen and oxygen atoms in total. The average molecular weight is 378 g/mol. The van der Waals surface area contributed by atoms with Gasteiger partial charge >= 0.3 is 0 Å². The fourth-order valence-electron chi connectivity index (χ4n) is 2.41. The van der Waals surface area contributed by atoms with Gasteiger partial charge in [-0.05, 0) is 37.4 Å². The van der Waals surface area contributed by atoms with Gasteiger partial charge < -0.3 is 19.7 Å². The third-order valence-corrected chi connectivity index (χ3v) is 4.19. The highest BCUT2D eigenvalue weighted by atomic mass is 35.5. The Bertz CT molecular complexity index is 718. The molecule has 7 heteroatoms. The van der Waals surface area contributed by atoms with Crippen LogP contribution in [0.3, 0.4) is 0 Å². The molecule has 0 saturated heterocycles. The zero-order valence-electron chi connectivity index (χ0n) is 15.3. The SMILES string of the molecule is CCN(CC)CCOc1cc(NC(=O)c2ccc(Cl)nc2)ccc1OC. The minimum Gasteiger partial charge on any atom is -0.493 e. The highest BCUT2D eigenvalue weighted by molar-refractivity contribution is 6.29. The lowest BCUT2D eigenvalue weighted by atomic mass is 10.2. The number of ether oxygens (including phenoxy) is 2. The van der Waals surface area contributed by atoms with E-state index in [1.54, 1.807) is 37.4 Å². The molecule has 1 N–H and O–H groups in total. The molecule has 1 aromatic carbocycles. The lowest BCUT2D eigenvalue weighted by Crippen LogP contribution is -2.28. The zero-order chi connectivity index (χ0) is 18.9. The van der Waals surface area contributed by atoms with Gasteiger partial charge in [0.25, 0.3) is 5.91 Å². The first-order chi connectivity index (χ1) is 12.6. The summed E-state index contributed by atoms with van der Waals surface area (Å²) in [5, 5.41) is 3.17. The molecule has 0 saturated carbocycles. The average Bonchev–Trinajstić information content (AvgIpc) is 2.66. The summed E-state index contributed by atoms with van der Waals surface area (Å²) in [7, 11) is 1.59. The second kappa shape index (κ2) is 9.99. The minimum atomic E-state index is -0.270. The maximum absolute atomic E-state index is 12.3. The van der Waals surface area contributed by atoms with E-state index in [4.69, 9.17) is 21.1 Å². The van der Waals surface area contributed by atoms with Crippen molar-refractivity contribution in [1.82, 2.24) is 9.88 Å². The van der Waals surface area contributed by atoms with Crippen LogP contribution >= 0.6 is 11.6 Å². The third kappa shape index (κ3) is 5.61. The van der Waals surface area contributed by atoms with E-state index in [1.807, 2.05) is 0 Å². The van der Waals surface area contributed by atoms with E-state index in [1.165, 1.54) is 6.20 Å². The van der Waals surface area contributed by atoms with Crippen LogP contribution in [-0.4, -0.2) is 49.1 Å². The molecule has 2 aromatic rings. The van der Waals surface area contributed by atoms with Crippen molar-refractivity contribution in [3.8, 4) is 11.5 Å². The van der Waals surface area contributed by atoms with Crippen LogP contribution in [0.2, 0.25) is 5.15 Å². The first kappa shape index (κ1) is 20.0. The molecule has 1 aromatic heterocycles. The summed E-state index contributed by atoms with van der Waals surface area (Å²) in [5.74, 6) is 0.941. The molecule has 0 atom stereocenters. The van der Waals surface area contributed by atoms with Crippen molar-refractivity contribution >= 4 is 23.2 Å². The molecule has 0 fully saturated rings. The molecular formula is C19H24ClN3O3. The lowest BCUT2D eigenvalue weighted by Gasteiger charge is -2.19. The Hall–Kier alpha value is -2.31. The topological polar surface area (TPSA) is 63.7 Å². The predicted octanol–water partition coefficient (Wildman–Crippen LogP) is 3.72. The minimum absolute atomic E-state index is 0.270. The number of halogens is 1. The molecule has 2 rings (SSSR count). The number of carbonyl (C=O) groups excluding carboxylic acids is 1. The van der Waals surface area contributed by atoms with Crippen LogP contribution in [0, 0.1) is 0 Å². The molecule has 0 radical (unpaired) electrons. The smallest absolute Gasteiger partial charge is 0.257 e. The number of amides is 1. The molecule has 0 aliphatic rings. The van der Waals surface area contributed by atoms with Crippen molar-refractivity contribution in [2.75, 3.05) is 38.7 Å². The monoisotopic (exact) mass is 377 g/mol. The standard InChI is InChI=1S/C19H24ClN3O3/c1-4-23(5-2)10-11-26-17-12-15(7-8-16(17)25-3)22-19(24)14-6-9-18(20)21-13-14/h6-9,12-13H,4-5,10-11H2,1-3H3,(H,22,24). The Kier molecular flexibility index (Phi) is 7.69. The fourth-order valence-corrected chi connectivity index (χ4v) is 2.52. The first-order valence-electron chi connectivity index (χ1n) is 8.53. The number of likely N-dealkylation sites (N-methyl/N-ethyl adjacent to an activating group) is 1. The quantitative estimate of drug-likeness (QED) is 0.675. The number of aromatic nitrogens is 1. The van der Waals surface area contributed by atoms with Gasteiger partial charge in [0.15, 0.2) is 11.5 Å². The number of hydrogen-bond donors (Lipinski definition) is 1. The van der Waals surface area contributed by atoms with Gasteiger partial charge in [0.1, 0.15) is 11.8 Å². The number of carbonyl (C=O) groups is 1. The number of nitrogens with zero attached hydrogens (tertiary/aromatic N) is 2. The number of nitrogens with one attached hydrogen (secondary N) is 1. The number of methoxy groups -OCH3 is 1. The van der Waals surface area contributed by atoms with E-state index >= 15 is 0 Å². The van der Waals surface area contributed by atoms with Gasteiger partial charge in [-0.1, -0.05) is 25.4 Å². The predicted molar refractivity (Wildman–Crippen MR) is 103 cm³/mol. The number of hydrogen-bond acceptors (Lipinski definition) is 5. The van der Waals surface area contributed by atoms with Gasteiger partial charge in [-0.3, -0.25) is 4.79 Å². The molecule has 140 valence electrons. The molecule has 0 unspecified atom stereocenters. The zero-order valence-corrected chi connectivity index (χ0v) is 16.0. The number of benzene rings is 1. The number of pyridine rings is 1. The van der Waals surface area contributed by atoms with Crippen LogP contribution in [0.4, 0.5) is 5.69 Å². The summed E-state index contributed by atoms with van der Waals surface area (Å²) in [5.41, 5.74) is 1.04. The summed E-state index contributed by atoms with van der Waals surface area (Å²) < 4.78 is 11.2. The van der Waals surface area contributed by atoms with Gasteiger partial charge in [0.2, 0.25) is 0 Å². The Balaban J connectivity index is 2.05. The van der Waals surface area contributed by atoms with Crippen molar-refractivity contribution in [2.24, 2.45) is 0 Å². The van der Waals surface area contributed by atoms with Gasteiger partial charge in [0.05, 0.1) is 12.7 Å². The Morgan fingerprint density at radius 2 is 1.96 bits per heavy atom. The van der Waals surface area contributed by atoms with E-state index in [-0.39, 0.29) is 5.91 Å². The summed E-state index contributed by atoms with van der Waals surface area (Å²) in [4.78, 5) is 18.5. The summed E-state index contributed by atoms with van der Waals surface area (Å²) in [6.45, 7) is 7.54. The first-order valence-corrected chi connectivity index (χ1v) is 8.91. The van der Waals surface area contributed by atoms with Crippen LogP contribution in [0.15, 0.2) is 36.5 Å². The highest BCUT2D eigenvalue weighted by Gasteiger charge is 2.11. The van der Waals surface area contributed by atoms with E-state index in [2.05, 4.69) is 29.0 Å². The highest BCUT2D eigenvalue weighted by Crippen LogP contribution is 2.30. The fraction of sp³-hybridized carbons (Fsp3) is 0.368. The molecular weight excluding hydrogens is 354 g/mol. The van der Waals surface area contributed by atoms with Crippen LogP contribution in [0.5, 0.6) is 11.5 Å². The van der Waals surface area contributed by atoms with E-state index in [9.17, 15) is 4.79 Å². The number of rotatable bonds is 9. The van der Waals surface area contributed by atoms with Crippen molar-refractivity contribution in [2.45, 2.75) is 13.8 Å². The van der Waals surface area contributed by atoms with Gasteiger partial charge in [-0.2, -0.15) is 0 Å². The molecule has 0 spiro atoms. The Morgan fingerprint density at radius 3 is 2.58 bits per heavy atom. The second-order valence-electron chi connectivity index (χ2n) is 5.56. The van der Waals surface area contributed by atoms with Gasteiger partial charge in [0, 0.05) is 24.5 Å². The van der Waals surface area contributed by atoms with Crippen molar-refractivity contribution in [3.63, 3.8) is 0 Å². The summed E-state index contributed by atoms with van der Waals surface area (Å²) in [6.07, 6.45) is 1.43. The molecule has 0 aliphatic heterocycles. The maximum atomic E-state index is 12.3. The molecule has 26 heavy (non-hydrogen) atoms. The second-order valence-corrected chi connectivity index (χ2v) is 5.95. The molecule has 0 aliphatic carbocycles. The van der Waals surface area contributed by atoms with E-state index < -0.39 is 0 Å². The largest absolute Gasteiger partial charge is 0.493 e. The molecule has 1 amide bonds. The van der Waals surface area contributed by atoms with Crippen LogP contribution in [0.1, 0.15) is 24.2 Å². The normalized spacial score (nSPS) is 10.7. The number of anilines is 1. The summed E-state index contributed by atoms with van der Waals surface area (Å²) in [6, 6.07) is 8.48. The Morgan fingerprint density at radius 1 is 1.19 bits per heavy atom. The van der Waals surface area contributed by atoms with E-state index in [0.717, 1.165) is 19.6 Å². The van der Waals surface area contributed by atoms with Crippen LogP contribution in [0.25, 0.3) is 0 Å². The van der Waals surface area contributed by atoms with Crippen molar-refractivity contribution in [1.29, 1.82) is 0 Å². The molecule has 1 heterocycles. The van der Waals surface area contributed by atoms with Crippen LogP contribution < -0.4 is 14.8 Å².